The van der Waals surface area contributed by atoms with E-state index >= 15 is 0 Å². The normalized spacial score (nSPS) is 13.0. The lowest BCUT2D eigenvalue weighted by Gasteiger charge is -2.23. The summed E-state index contributed by atoms with van der Waals surface area (Å²) in [6.07, 6.45) is -3.49. The van der Waals surface area contributed by atoms with Crippen LogP contribution in [-0.2, 0) is 28.2 Å². The van der Waals surface area contributed by atoms with Crippen LogP contribution in [0.5, 0.6) is 0 Å². The number of halogens is 3. The van der Waals surface area contributed by atoms with Crippen LogP contribution >= 0.6 is 0 Å². The van der Waals surface area contributed by atoms with Crippen LogP contribution in [0.4, 0.5) is 13.2 Å². The van der Waals surface area contributed by atoms with Crippen molar-refractivity contribution in [3.05, 3.63) is 65.2 Å². The summed E-state index contributed by atoms with van der Waals surface area (Å²) in [7, 11) is -3.74. The highest BCUT2D eigenvalue weighted by atomic mass is 32.2. The Morgan fingerprint density at radius 3 is 1.85 bits per heavy atom. The van der Waals surface area contributed by atoms with Crippen LogP contribution in [-0.4, -0.2) is 8.42 Å². The van der Waals surface area contributed by atoms with E-state index in [-0.39, 0.29) is 16.9 Å². The summed E-state index contributed by atoms with van der Waals surface area (Å²) in [5.41, 5.74) is 0.681. The Kier molecular flexibility index (Phi) is 5.82. The molecule has 0 aliphatic carbocycles. The summed E-state index contributed by atoms with van der Waals surface area (Å²) in [6.45, 7) is 6.15. The lowest BCUT2D eigenvalue weighted by molar-refractivity contribution is -0.137. The second-order valence-electron chi connectivity index (χ2n) is 6.78. The summed E-state index contributed by atoms with van der Waals surface area (Å²) < 4.78 is 64.8. The molecule has 2 aromatic rings. The van der Waals surface area contributed by atoms with Gasteiger partial charge >= 0.3 is 6.18 Å². The fourth-order valence-electron chi connectivity index (χ4n) is 2.36. The average molecular weight is 385 g/mol. The molecule has 0 heterocycles. The molecule has 0 saturated heterocycles. The largest absolute Gasteiger partial charge is 0.416 e. The van der Waals surface area contributed by atoms with Crippen LogP contribution in [0.1, 0.15) is 43.9 Å². The molecule has 2 aromatic carbocycles. The standard InChI is InChI=1S/C19H22F3NO2S/c1-4-18(2,3)15-9-11-17(12-10-15)26(24,25)23-13-14-5-7-16(8-6-14)19(20,21)22/h5-12,23H,4,13H2,1-3H3. The predicted octanol–water partition coefficient (Wildman–Crippen LogP) is 4.87. The van der Waals surface area contributed by atoms with Gasteiger partial charge in [0.15, 0.2) is 0 Å². The van der Waals surface area contributed by atoms with Crippen molar-refractivity contribution < 1.29 is 21.6 Å². The van der Waals surface area contributed by atoms with Gasteiger partial charge in [-0.05, 0) is 47.2 Å². The smallest absolute Gasteiger partial charge is 0.207 e. The third-order valence-electron chi connectivity index (χ3n) is 4.58. The summed E-state index contributed by atoms with van der Waals surface area (Å²) >= 11 is 0. The Bertz CT molecular complexity index is 840. The first-order valence-corrected chi connectivity index (χ1v) is 9.70. The van der Waals surface area contributed by atoms with Crippen LogP contribution in [0.25, 0.3) is 0 Å². The van der Waals surface area contributed by atoms with Crippen molar-refractivity contribution in [3.63, 3.8) is 0 Å². The Balaban J connectivity index is 2.09. The number of rotatable bonds is 6. The van der Waals surface area contributed by atoms with Gasteiger partial charge in [-0.1, -0.05) is 45.0 Å². The summed E-state index contributed by atoms with van der Waals surface area (Å²) in [5.74, 6) is 0. The molecule has 1 N–H and O–H groups in total. The van der Waals surface area contributed by atoms with E-state index in [9.17, 15) is 21.6 Å². The van der Waals surface area contributed by atoms with E-state index in [0.29, 0.717) is 5.56 Å². The van der Waals surface area contributed by atoms with Gasteiger partial charge in [0.25, 0.3) is 0 Å². The Hall–Kier alpha value is -1.86. The molecular weight excluding hydrogens is 363 g/mol. The molecule has 7 heteroatoms. The quantitative estimate of drug-likeness (QED) is 0.771. The van der Waals surface area contributed by atoms with Crippen LogP contribution in [0, 0.1) is 0 Å². The fourth-order valence-corrected chi connectivity index (χ4v) is 3.38. The SMILES string of the molecule is CCC(C)(C)c1ccc(S(=O)(=O)NCc2ccc(C(F)(F)F)cc2)cc1. The van der Waals surface area contributed by atoms with Crippen LogP contribution in [0.3, 0.4) is 0 Å². The topological polar surface area (TPSA) is 46.2 Å². The third-order valence-corrected chi connectivity index (χ3v) is 5.99. The molecule has 0 fully saturated rings. The van der Waals surface area contributed by atoms with Gasteiger partial charge in [0, 0.05) is 6.54 Å². The highest BCUT2D eigenvalue weighted by molar-refractivity contribution is 7.89. The fraction of sp³-hybridized carbons (Fsp3) is 0.368. The minimum atomic E-state index is -4.41. The van der Waals surface area contributed by atoms with Gasteiger partial charge in [-0.15, -0.1) is 0 Å². The maximum atomic E-state index is 12.5. The van der Waals surface area contributed by atoms with E-state index in [4.69, 9.17) is 0 Å². The van der Waals surface area contributed by atoms with E-state index in [1.807, 2.05) is 0 Å². The molecule has 0 amide bonds. The maximum absolute atomic E-state index is 12.5. The molecule has 0 bridgehead atoms. The number of nitrogens with one attached hydrogen (secondary N) is 1. The number of hydrogen-bond donors (Lipinski definition) is 1. The van der Waals surface area contributed by atoms with Gasteiger partial charge in [-0.2, -0.15) is 13.2 Å². The zero-order valence-corrected chi connectivity index (χ0v) is 15.7. The molecule has 26 heavy (non-hydrogen) atoms. The van der Waals surface area contributed by atoms with Crippen molar-refractivity contribution in [1.29, 1.82) is 0 Å². The molecule has 0 spiro atoms. The molecule has 3 nitrogen and oxygen atoms in total. The van der Waals surface area contributed by atoms with Crippen molar-refractivity contribution in [1.82, 2.24) is 4.72 Å². The van der Waals surface area contributed by atoms with Crippen LogP contribution < -0.4 is 4.72 Å². The molecule has 2 rings (SSSR count). The molecule has 0 unspecified atom stereocenters. The number of benzene rings is 2. The van der Waals surface area contributed by atoms with E-state index < -0.39 is 21.8 Å². The maximum Gasteiger partial charge on any atom is 0.416 e. The molecule has 0 saturated carbocycles. The second-order valence-corrected chi connectivity index (χ2v) is 8.55. The lowest BCUT2D eigenvalue weighted by Crippen LogP contribution is -2.23. The molecular formula is C19H22F3NO2S. The van der Waals surface area contributed by atoms with Crippen LogP contribution in [0.2, 0.25) is 0 Å². The van der Waals surface area contributed by atoms with E-state index in [2.05, 4.69) is 25.5 Å². The molecule has 142 valence electrons. The zero-order valence-electron chi connectivity index (χ0n) is 14.9. The number of hydrogen-bond acceptors (Lipinski definition) is 2. The van der Waals surface area contributed by atoms with E-state index in [1.165, 1.54) is 12.1 Å². The van der Waals surface area contributed by atoms with Gasteiger partial charge in [0.2, 0.25) is 10.0 Å². The monoisotopic (exact) mass is 385 g/mol. The number of alkyl halides is 3. The van der Waals surface area contributed by atoms with Gasteiger partial charge in [-0.25, -0.2) is 13.1 Å². The predicted molar refractivity (Wildman–Crippen MR) is 95.2 cm³/mol. The van der Waals surface area contributed by atoms with Gasteiger partial charge in [0.1, 0.15) is 0 Å². The molecule has 0 aromatic heterocycles. The van der Waals surface area contributed by atoms with Gasteiger partial charge < -0.3 is 0 Å². The Morgan fingerprint density at radius 2 is 1.38 bits per heavy atom. The molecule has 0 atom stereocenters. The first-order valence-electron chi connectivity index (χ1n) is 8.22. The van der Waals surface area contributed by atoms with Gasteiger partial charge in [-0.3, -0.25) is 0 Å². The minimum absolute atomic E-state index is 0.0457. The third kappa shape index (κ3) is 4.86. The zero-order chi connectivity index (χ0) is 19.6. The van der Waals surface area contributed by atoms with Crippen molar-refractivity contribution >= 4 is 10.0 Å². The first-order chi connectivity index (χ1) is 12.0. The average Bonchev–Trinajstić information content (AvgIpc) is 2.60. The lowest BCUT2D eigenvalue weighted by atomic mass is 9.82. The molecule has 0 radical (unpaired) electrons. The summed E-state index contributed by atoms with van der Waals surface area (Å²) in [6, 6.07) is 11.1. The minimum Gasteiger partial charge on any atom is -0.207 e. The van der Waals surface area contributed by atoms with Crippen molar-refractivity contribution in [2.75, 3.05) is 0 Å². The van der Waals surface area contributed by atoms with Crippen LogP contribution in [0.15, 0.2) is 53.4 Å². The Labute approximate surface area is 152 Å². The highest BCUT2D eigenvalue weighted by Crippen LogP contribution is 2.29. The first kappa shape index (κ1) is 20.5. The van der Waals surface area contributed by atoms with Crippen molar-refractivity contribution in [3.8, 4) is 0 Å². The van der Waals surface area contributed by atoms with Gasteiger partial charge in [0.05, 0.1) is 10.5 Å². The highest BCUT2D eigenvalue weighted by Gasteiger charge is 2.30. The van der Waals surface area contributed by atoms with Crippen molar-refractivity contribution in [2.45, 2.75) is 50.2 Å². The van der Waals surface area contributed by atoms with E-state index in [0.717, 1.165) is 24.1 Å². The molecule has 0 aliphatic heterocycles. The summed E-state index contributed by atoms with van der Waals surface area (Å²) in [4.78, 5) is 0.125. The molecule has 0 aliphatic rings. The van der Waals surface area contributed by atoms with Crippen molar-refractivity contribution in [2.24, 2.45) is 0 Å². The second kappa shape index (κ2) is 7.40. The Morgan fingerprint density at radius 1 is 0.885 bits per heavy atom. The summed E-state index contributed by atoms with van der Waals surface area (Å²) in [5, 5.41) is 0. The number of sulfonamides is 1. The van der Waals surface area contributed by atoms with E-state index in [1.54, 1.807) is 24.3 Å².